The van der Waals surface area contributed by atoms with Crippen LogP contribution in [0.3, 0.4) is 0 Å². The molecular formula is C15H15BrFNO2. The Morgan fingerprint density at radius 3 is 2.50 bits per heavy atom. The molecule has 2 aromatic rings. The average Bonchev–Trinajstić information content (AvgIpc) is 2.42. The number of hydrogen-bond donors (Lipinski definition) is 1. The van der Waals surface area contributed by atoms with Gasteiger partial charge < -0.3 is 15.2 Å². The standard InChI is InChI=1S/C15H15BrFNO2/c1-9(18)15-12(19-2)4-3-5-13(15)20-14-8-10(17)6-7-11(14)16/h3-9H,18H2,1-2H3. The molecule has 0 amide bonds. The maximum Gasteiger partial charge on any atom is 0.144 e. The molecule has 1 unspecified atom stereocenters. The molecule has 0 saturated carbocycles. The minimum atomic E-state index is -0.367. The summed E-state index contributed by atoms with van der Waals surface area (Å²) >= 11 is 3.33. The molecule has 0 radical (unpaired) electrons. The normalized spacial score (nSPS) is 12.1. The first-order valence-electron chi connectivity index (χ1n) is 6.08. The Labute approximate surface area is 125 Å². The topological polar surface area (TPSA) is 44.5 Å². The monoisotopic (exact) mass is 339 g/mol. The van der Waals surface area contributed by atoms with Crippen molar-refractivity contribution in [2.75, 3.05) is 7.11 Å². The molecule has 0 bridgehead atoms. The van der Waals surface area contributed by atoms with Crippen LogP contribution in [0.25, 0.3) is 0 Å². The van der Waals surface area contributed by atoms with Crippen LogP contribution in [0.1, 0.15) is 18.5 Å². The van der Waals surface area contributed by atoms with E-state index in [2.05, 4.69) is 15.9 Å². The number of methoxy groups -OCH3 is 1. The van der Waals surface area contributed by atoms with Crippen molar-refractivity contribution in [2.45, 2.75) is 13.0 Å². The third kappa shape index (κ3) is 3.11. The maximum absolute atomic E-state index is 13.3. The highest BCUT2D eigenvalue weighted by Crippen LogP contribution is 2.37. The lowest BCUT2D eigenvalue weighted by atomic mass is 10.1. The SMILES string of the molecule is COc1cccc(Oc2cc(F)ccc2Br)c1C(C)N. The molecule has 20 heavy (non-hydrogen) atoms. The third-order valence-corrected chi connectivity index (χ3v) is 3.47. The van der Waals surface area contributed by atoms with E-state index in [0.29, 0.717) is 21.7 Å². The van der Waals surface area contributed by atoms with Gasteiger partial charge in [-0.25, -0.2) is 4.39 Å². The number of hydrogen-bond acceptors (Lipinski definition) is 3. The van der Waals surface area contributed by atoms with Gasteiger partial charge in [0.1, 0.15) is 23.1 Å². The predicted octanol–water partition coefficient (Wildman–Crippen LogP) is 4.41. The molecule has 0 fully saturated rings. The zero-order valence-electron chi connectivity index (χ0n) is 11.2. The molecule has 3 nitrogen and oxygen atoms in total. The van der Waals surface area contributed by atoms with E-state index in [9.17, 15) is 4.39 Å². The molecule has 2 N–H and O–H groups in total. The fourth-order valence-corrected chi connectivity index (χ4v) is 2.24. The summed E-state index contributed by atoms with van der Waals surface area (Å²) < 4.78 is 25.0. The van der Waals surface area contributed by atoms with Crippen LogP contribution in [0.5, 0.6) is 17.2 Å². The van der Waals surface area contributed by atoms with Gasteiger partial charge >= 0.3 is 0 Å². The van der Waals surface area contributed by atoms with Crippen LogP contribution in [0.2, 0.25) is 0 Å². The van der Waals surface area contributed by atoms with Gasteiger partial charge in [-0.15, -0.1) is 0 Å². The van der Waals surface area contributed by atoms with Crippen LogP contribution < -0.4 is 15.2 Å². The fourth-order valence-electron chi connectivity index (χ4n) is 1.91. The van der Waals surface area contributed by atoms with Gasteiger partial charge in [-0.3, -0.25) is 0 Å². The van der Waals surface area contributed by atoms with Gasteiger partial charge in [0.25, 0.3) is 0 Å². The Kier molecular flexibility index (Phi) is 4.62. The molecule has 106 valence electrons. The molecule has 0 aromatic heterocycles. The van der Waals surface area contributed by atoms with Gasteiger partial charge in [0.05, 0.1) is 17.1 Å². The average molecular weight is 340 g/mol. The summed E-state index contributed by atoms with van der Waals surface area (Å²) in [7, 11) is 1.57. The Balaban J connectivity index is 2.45. The minimum absolute atomic E-state index is 0.270. The summed E-state index contributed by atoms with van der Waals surface area (Å²) in [6.07, 6.45) is 0. The lowest BCUT2D eigenvalue weighted by Gasteiger charge is -2.17. The maximum atomic E-state index is 13.3. The third-order valence-electron chi connectivity index (χ3n) is 2.81. The smallest absolute Gasteiger partial charge is 0.144 e. The van der Waals surface area contributed by atoms with E-state index in [-0.39, 0.29) is 11.9 Å². The highest BCUT2D eigenvalue weighted by atomic mass is 79.9. The van der Waals surface area contributed by atoms with Crippen LogP contribution in [-0.4, -0.2) is 7.11 Å². The summed E-state index contributed by atoms with van der Waals surface area (Å²) in [5.41, 5.74) is 6.71. The highest BCUT2D eigenvalue weighted by Gasteiger charge is 2.16. The quantitative estimate of drug-likeness (QED) is 0.897. The van der Waals surface area contributed by atoms with Crippen LogP contribution in [0.15, 0.2) is 40.9 Å². The van der Waals surface area contributed by atoms with Crippen molar-refractivity contribution in [3.05, 3.63) is 52.3 Å². The van der Waals surface area contributed by atoms with E-state index < -0.39 is 0 Å². The Bertz CT molecular complexity index is 617. The number of rotatable bonds is 4. The van der Waals surface area contributed by atoms with E-state index >= 15 is 0 Å². The first kappa shape index (κ1) is 14.8. The number of ether oxygens (including phenoxy) is 2. The van der Waals surface area contributed by atoms with Crippen molar-refractivity contribution in [3.63, 3.8) is 0 Å². The van der Waals surface area contributed by atoms with Crippen molar-refractivity contribution in [3.8, 4) is 17.2 Å². The van der Waals surface area contributed by atoms with Crippen molar-refractivity contribution in [1.29, 1.82) is 0 Å². The van der Waals surface area contributed by atoms with Gasteiger partial charge in [-0.1, -0.05) is 6.07 Å². The van der Waals surface area contributed by atoms with E-state index in [4.69, 9.17) is 15.2 Å². The Morgan fingerprint density at radius 1 is 1.15 bits per heavy atom. The molecule has 0 spiro atoms. The predicted molar refractivity (Wildman–Crippen MR) is 79.8 cm³/mol. The molecule has 1 atom stereocenters. The first-order valence-corrected chi connectivity index (χ1v) is 6.87. The summed E-state index contributed by atoms with van der Waals surface area (Å²) in [5, 5.41) is 0. The van der Waals surface area contributed by atoms with E-state index in [1.54, 1.807) is 25.3 Å². The van der Waals surface area contributed by atoms with Crippen molar-refractivity contribution < 1.29 is 13.9 Å². The molecule has 0 saturated heterocycles. The molecular weight excluding hydrogens is 325 g/mol. The molecule has 0 aliphatic carbocycles. The summed E-state index contributed by atoms with van der Waals surface area (Å²) in [4.78, 5) is 0. The molecule has 2 rings (SSSR count). The summed E-state index contributed by atoms with van der Waals surface area (Å²) in [5.74, 6) is 1.21. The largest absolute Gasteiger partial charge is 0.496 e. The number of halogens is 2. The van der Waals surface area contributed by atoms with E-state index in [1.807, 2.05) is 13.0 Å². The summed E-state index contributed by atoms with van der Waals surface area (Å²) in [6, 6.07) is 9.38. The van der Waals surface area contributed by atoms with Gasteiger partial charge in [0, 0.05) is 12.1 Å². The molecule has 2 aromatic carbocycles. The molecule has 5 heteroatoms. The van der Waals surface area contributed by atoms with Crippen LogP contribution in [-0.2, 0) is 0 Å². The fraction of sp³-hybridized carbons (Fsp3) is 0.200. The molecule has 0 aliphatic heterocycles. The second-order valence-electron chi connectivity index (χ2n) is 4.34. The summed E-state index contributed by atoms with van der Waals surface area (Å²) in [6.45, 7) is 1.84. The second kappa shape index (κ2) is 6.24. The molecule has 0 heterocycles. The van der Waals surface area contributed by atoms with Crippen LogP contribution in [0, 0.1) is 5.82 Å². The van der Waals surface area contributed by atoms with Gasteiger partial charge in [0.2, 0.25) is 0 Å². The van der Waals surface area contributed by atoms with E-state index in [0.717, 1.165) is 5.56 Å². The second-order valence-corrected chi connectivity index (χ2v) is 5.19. The van der Waals surface area contributed by atoms with Gasteiger partial charge in [-0.2, -0.15) is 0 Å². The zero-order chi connectivity index (χ0) is 14.7. The Morgan fingerprint density at radius 2 is 1.85 bits per heavy atom. The van der Waals surface area contributed by atoms with Crippen molar-refractivity contribution in [1.82, 2.24) is 0 Å². The van der Waals surface area contributed by atoms with Crippen molar-refractivity contribution >= 4 is 15.9 Å². The highest BCUT2D eigenvalue weighted by molar-refractivity contribution is 9.10. The van der Waals surface area contributed by atoms with Crippen LogP contribution in [0.4, 0.5) is 4.39 Å². The first-order chi connectivity index (χ1) is 9.52. The van der Waals surface area contributed by atoms with E-state index in [1.165, 1.54) is 12.1 Å². The Hall–Kier alpha value is -1.59. The minimum Gasteiger partial charge on any atom is -0.496 e. The zero-order valence-corrected chi connectivity index (χ0v) is 12.8. The number of benzene rings is 2. The molecule has 0 aliphatic rings. The number of nitrogens with two attached hydrogens (primary N) is 1. The van der Waals surface area contributed by atoms with Crippen molar-refractivity contribution in [2.24, 2.45) is 5.73 Å². The van der Waals surface area contributed by atoms with Gasteiger partial charge in [-0.05, 0) is 47.1 Å². The van der Waals surface area contributed by atoms with Crippen LogP contribution >= 0.6 is 15.9 Å². The lowest BCUT2D eigenvalue weighted by molar-refractivity contribution is 0.397. The van der Waals surface area contributed by atoms with Gasteiger partial charge in [0.15, 0.2) is 0 Å². The lowest BCUT2D eigenvalue weighted by Crippen LogP contribution is -2.08.